The molecule has 0 fully saturated rings. The lowest BCUT2D eigenvalue weighted by Gasteiger charge is -1.95. The minimum atomic E-state index is -0.227. The monoisotopic (exact) mass is 176 g/mol. The van der Waals surface area contributed by atoms with Crippen LogP contribution in [0.3, 0.4) is 0 Å². The number of aryl methyl sites for hydroxylation is 1. The summed E-state index contributed by atoms with van der Waals surface area (Å²) in [7, 11) is 0. The summed E-state index contributed by atoms with van der Waals surface area (Å²) < 4.78 is 5.06. The molecular formula is C9H8N2O2. The Kier molecular flexibility index (Phi) is 1.73. The Balaban J connectivity index is 2.60. The van der Waals surface area contributed by atoms with E-state index in [0.717, 1.165) is 5.69 Å². The maximum Gasteiger partial charge on any atom is 0.277 e. The normalized spacial score (nSPS) is 10.2. The maximum absolute atomic E-state index is 11.4. The largest absolute Gasteiger partial charge is 0.463 e. The number of rotatable bonds is 1. The lowest BCUT2D eigenvalue weighted by molar-refractivity contribution is 0.578. The zero-order valence-corrected chi connectivity index (χ0v) is 7.07. The Labute approximate surface area is 74.2 Å². The second-order valence-electron chi connectivity index (χ2n) is 2.72. The molecule has 2 rings (SSSR count). The Hall–Kier alpha value is -1.84. The zero-order valence-electron chi connectivity index (χ0n) is 7.07. The van der Waals surface area contributed by atoms with Gasteiger partial charge in [-0.05, 0) is 19.1 Å². The Morgan fingerprint density at radius 3 is 3.00 bits per heavy atom. The zero-order chi connectivity index (χ0) is 9.26. The standard InChI is InChI=1S/C9H8N2O2/c1-6-5-10-8(9(12)11-6)7-3-2-4-13-7/h2-5H,1H3,(H,11,12). The molecule has 0 aliphatic carbocycles. The van der Waals surface area contributed by atoms with Crippen molar-refractivity contribution in [2.75, 3.05) is 0 Å². The van der Waals surface area contributed by atoms with E-state index in [4.69, 9.17) is 4.42 Å². The van der Waals surface area contributed by atoms with Crippen LogP contribution in [0.1, 0.15) is 5.69 Å². The van der Waals surface area contributed by atoms with Gasteiger partial charge in [0.25, 0.3) is 5.56 Å². The topological polar surface area (TPSA) is 58.9 Å². The molecule has 0 atom stereocenters. The molecule has 0 aliphatic heterocycles. The summed E-state index contributed by atoms with van der Waals surface area (Å²) in [4.78, 5) is 18.0. The van der Waals surface area contributed by atoms with Crippen molar-refractivity contribution in [1.82, 2.24) is 9.97 Å². The molecule has 2 aromatic heterocycles. The lowest BCUT2D eigenvalue weighted by atomic mass is 10.3. The molecule has 13 heavy (non-hydrogen) atoms. The van der Waals surface area contributed by atoms with Crippen molar-refractivity contribution in [2.24, 2.45) is 0 Å². The third-order valence-corrected chi connectivity index (χ3v) is 1.67. The summed E-state index contributed by atoms with van der Waals surface area (Å²) in [5, 5.41) is 0. The van der Waals surface area contributed by atoms with E-state index in [2.05, 4.69) is 9.97 Å². The van der Waals surface area contributed by atoms with E-state index >= 15 is 0 Å². The van der Waals surface area contributed by atoms with Crippen LogP contribution in [0.15, 0.2) is 33.8 Å². The van der Waals surface area contributed by atoms with Gasteiger partial charge < -0.3 is 9.40 Å². The summed E-state index contributed by atoms with van der Waals surface area (Å²) in [6, 6.07) is 3.42. The van der Waals surface area contributed by atoms with E-state index in [1.807, 2.05) is 0 Å². The predicted molar refractivity (Wildman–Crippen MR) is 47.3 cm³/mol. The molecule has 0 saturated carbocycles. The van der Waals surface area contributed by atoms with Crippen molar-refractivity contribution in [2.45, 2.75) is 6.92 Å². The van der Waals surface area contributed by atoms with Gasteiger partial charge in [0, 0.05) is 11.9 Å². The fraction of sp³-hybridized carbons (Fsp3) is 0.111. The number of H-pyrrole nitrogens is 1. The highest BCUT2D eigenvalue weighted by atomic mass is 16.3. The van der Waals surface area contributed by atoms with E-state index in [1.54, 1.807) is 25.3 Å². The Morgan fingerprint density at radius 1 is 1.54 bits per heavy atom. The van der Waals surface area contributed by atoms with Crippen LogP contribution < -0.4 is 5.56 Å². The average Bonchev–Trinajstić information content (AvgIpc) is 2.56. The predicted octanol–water partition coefficient (Wildman–Crippen LogP) is 1.34. The van der Waals surface area contributed by atoms with E-state index in [1.165, 1.54) is 6.26 Å². The van der Waals surface area contributed by atoms with Crippen molar-refractivity contribution >= 4 is 0 Å². The fourth-order valence-corrected chi connectivity index (χ4v) is 1.08. The highest BCUT2D eigenvalue weighted by molar-refractivity contribution is 5.49. The third kappa shape index (κ3) is 1.38. The van der Waals surface area contributed by atoms with Crippen LogP contribution in [0.25, 0.3) is 11.5 Å². The number of furan rings is 1. The van der Waals surface area contributed by atoms with Gasteiger partial charge in [-0.25, -0.2) is 4.98 Å². The molecule has 0 aromatic carbocycles. The van der Waals surface area contributed by atoms with Crippen molar-refractivity contribution in [3.63, 3.8) is 0 Å². The maximum atomic E-state index is 11.4. The molecule has 0 aliphatic rings. The lowest BCUT2D eigenvalue weighted by Crippen LogP contribution is -2.11. The quantitative estimate of drug-likeness (QED) is 0.713. The molecule has 0 unspecified atom stereocenters. The highest BCUT2D eigenvalue weighted by Gasteiger charge is 2.06. The van der Waals surface area contributed by atoms with Gasteiger partial charge in [-0.2, -0.15) is 0 Å². The number of hydrogen-bond acceptors (Lipinski definition) is 3. The van der Waals surface area contributed by atoms with E-state index in [0.29, 0.717) is 11.5 Å². The van der Waals surface area contributed by atoms with E-state index in [-0.39, 0.29) is 5.56 Å². The molecule has 0 amide bonds. The van der Waals surface area contributed by atoms with Gasteiger partial charge in [0.15, 0.2) is 11.5 Å². The first kappa shape index (κ1) is 7.79. The van der Waals surface area contributed by atoms with Crippen LogP contribution >= 0.6 is 0 Å². The molecule has 0 radical (unpaired) electrons. The average molecular weight is 176 g/mol. The number of nitrogens with one attached hydrogen (secondary N) is 1. The molecule has 0 saturated heterocycles. The molecule has 4 nitrogen and oxygen atoms in total. The van der Waals surface area contributed by atoms with Crippen LogP contribution in [-0.4, -0.2) is 9.97 Å². The summed E-state index contributed by atoms with van der Waals surface area (Å²) in [6.07, 6.45) is 3.11. The second-order valence-corrected chi connectivity index (χ2v) is 2.72. The minimum Gasteiger partial charge on any atom is -0.463 e. The fourth-order valence-electron chi connectivity index (χ4n) is 1.08. The van der Waals surface area contributed by atoms with Crippen LogP contribution in [0.4, 0.5) is 0 Å². The van der Waals surface area contributed by atoms with Crippen molar-refractivity contribution < 1.29 is 4.42 Å². The summed E-state index contributed by atoms with van der Waals surface area (Å²) in [6.45, 7) is 1.78. The highest BCUT2D eigenvalue weighted by Crippen LogP contribution is 2.11. The smallest absolute Gasteiger partial charge is 0.277 e. The first-order valence-corrected chi connectivity index (χ1v) is 3.87. The molecule has 2 aromatic rings. The van der Waals surface area contributed by atoms with Gasteiger partial charge in [-0.1, -0.05) is 0 Å². The van der Waals surface area contributed by atoms with Crippen molar-refractivity contribution in [1.29, 1.82) is 0 Å². The van der Waals surface area contributed by atoms with Crippen LogP contribution in [0.2, 0.25) is 0 Å². The van der Waals surface area contributed by atoms with Gasteiger partial charge in [0.1, 0.15) is 0 Å². The minimum absolute atomic E-state index is 0.227. The molecule has 0 bridgehead atoms. The Morgan fingerprint density at radius 2 is 2.38 bits per heavy atom. The van der Waals surface area contributed by atoms with Gasteiger partial charge in [0.05, 0.1) is 6.26 Å². The number of aromatic amines is 1. The molecule has 0 spiro atoms. The molecule has 1 N–H and O–H groups in total. The number of hydrogen-bond donors (Lipinski definition) is 1. The van der Waals surface area contributed by atoms with Gasteiger partial charge >= 0.3 is 0 Å². The van der Waals surface area contributed by atoms with Crippen LogP contribution in [-0.2, 0) is 0 Å². The van der Waals surface area contributed by atoms with E-state index < -0.39 is 0 Å². The molecule has 4 heteroatoms. The van der Waals surface area contributed by atoms with Crippen molar-refractivity contribution in [3.8, 4) is 11.5 Å². The van der Waals surface area contributed by atoms with Crippen molar-refractivity contribution in [3.05, 3.63) is 40.6 Å². The number of nitrogens with zero attached hydrogens (tertiary/aromatic N) is 1. The van der Waals surface area contributed by atoms with Gasteiger partial charge in [0.2, 0.25) is 0 Å². The van der Waals surface area contributed by atoms with E-state index in [9.17, 15) is 4.79 Å². The molecular weight excluding hydrogens is 168 g/mol. The number of aromatic nitrogens is 2. The summed E-state index contributed by atoms with van der Waals surface area (Å²) in [5.41, 5.74) is 0.825. The van der Waals surface area contributed by atoms with Gasteiger partial charge in [-0.3, -0.25) is 4.79 Å². The third-order valence-electron chi connectivity index (χ3n) is 1.67. The Bertz CT molecular complexity index is 457. The summed E-state index contributed by atoms with van der Waals surface area (Å²) >= 11 is 0. The second kappa shape index (κ2) is 2.90. The molecule has 2 heterocycles. The van der Waals surface area contributed by atoms with Gasteiger partial charge in [-0.15, -0.1) is 0 Å². The SMILES string of the molecule is Cc1cnc(-c2ccco2)c(=O)[nH]1. The van der Waals surface area contributed by atoms with Crippen LogP contribution in [0.5, 0.6) is 0 Å². The molecule has 66 valence electrons. The summed E-state index contributed by atoms with van der Waals surface area (Å²) in [5.74, 6) is 0.487. The first-order valence-electron chi connectivity index (χ1n) is 3.87. The first-order chi connectivity index (χ1) is 6.27. The van der Waals surface area contributed by atoms with Crippen LogP contribution in [0, 0.1) is 6.92 Å².